The number of para-hydroxylation sites is 1. The first-order chi connectivity index (χ1) is 12.5. The first-order valence-corrected chi connectivity index (χ1v) is 9.41. The Balaban J connectivity index is 1.39. The summed E-state index contributed by atoms with van der Waals surface area (Å²) in [4.78, 5) is 18.7. The molecule has 4 rings (SSSR count). The Morgan fingerprint density at radius 1 is 1.35 bits per heavy atom. The van der Waals surface area contributed by atoms with E-state index in [1.807, 2.05) is 24.8 Å². The van der Waals surface area contributed by atoms with Crippen LogP contribution in [0.1, 0.15) is 34.7 Å². The molecule has 3 heterocycles. The number of hydrogen-bond donors (Lipinski definition) is 0. The number of hydrogen-bond acceptors (Lipinski definition) is 5. The van der Waals surface area contributed by atoms with Crippen molar-refractivity contribution in [2.75, 3.05) is 13.1 Å². The highest BCUT2D eigenvalue weighted by Crippen LogP contribution is 2.31. The number of ether oxygens (including phenoxy) is 1. The van der Waals surface area contributed by atoms with Crippen molar-refractivity contribution in [1.82, 2.24) is 9.88 Å². The summed E-state index contributed by atoms with van der Waals surface area (Å²) in [5.41, 5.74) is 0.981. The van der Waals surface area contributed by atoms with Crippen molar-refractivity contribution in [2.45, 2.75) is 32.8 Å². The summed E-state index contributed by atoms with van der Waals surface area (Å²) in [6.45, 7) is 4.88. The average molecular weight is 374 g/mol. The van der Waals surface area contributed by atoms with E-state index in [0.29, 0.717) is 35.1 Å². The number of carbonyl (C=O) groups excluding carboxylic acids is 1. The fourth-order valence-corrected chi connectivity index (χ4v) is 4.17. The second kappa shape index (κ2) is 6.72. The number of halogens is 1. The van der Waals surface area contributed by atoms with E-state index in [0.717, 1.165) is 23.3 Å². The minimum absolute atomic E-state index is 0.000131. The fourth-order valence-electron chi connectivity index (χ4n) is 3.28. The van der Waals surface area contributed by atoms with Crippen LogP contribution in [0.3, 0.4) is 0 Å². The Kier molecular flexibility index (Phi) is 4.40. The van der Waals surface area contributed by atoms with Gasteiger partial charge in [-0.05, 0) is 32.0 Å². The molecule has 1 aromatic carbocycles. The van der Waals surface area contributed by atoms with Gasteiger partial charge in [0.2, 0.25) is 0 Å². The number of thiazole rings is 1. The maximum Gasteiger partial charge on any atom is 0.274 e. The van der Waals surface area contributed by atoms with Crippen LogP contribution >= 0.6 is 11.3 Å². The largest absolute Gasteiger partial charge is 0.467 e. The van der Waals surface area contributed by atoms with Crippen molar-refractivity contribution in [3.05, 3.63) is 47.2 Å². The molecular formula is C19H19FN2O3S. The smallest absolute Gasteiger partial charge is 0.274 e. The zero-order chi connectivity index (χ0) is 18.3. The third kappa shape index (κ3) is 3.19. The summed E-state index contributed by atoms with van der Waals surface area (Å²) in [5, 5.41) is 0.483. The van der Waals surface area contributed by atoms with Gasteiger partial charge in [0.25, 0.3) is 11.1 Å². The average Bonchev–Trinajstić information content (AvgIpc) is 3.18. The van der Waals surface area contributed by atoms with E-state index >= 15 is 0 Å². The number of aromatic nitrogens is 1. The van der Waals surface area contributed by atoms with Gasteiger partial charge in [-0.1, -0.05) is 17.4 Å². The maximum absolute atomic E-state index is 13.8. The quantitative estimate of drug-likeness (QED) is 0.685. The highest BCUT2D eigenvalue weighted by Gasteiger charge is 2.27. The highest BCUT2D eigenvalue weighted by atomic mass is 32.1. The first-order valence-electron chi connectivity index (χ1n) is 8.59. The lowest BCUT2D eigenvalue weighted by Crippen LogP contribution is -2.41. The number of fused-ring (bicyclic) bond motifs is 1. The van der Waals surface area contributed by atoms with Crippen LogP contribution in [0.25, 0.3) is 10.2 Å². The summed E-state index contributed by atoms with van der Waals surface area (Å²) in [6, 6.07) is 6.69. The monoisotopic (exact) mass is 374 g/mol. The molecule has 1 amide bonds. The van der Waals surface area contributed by atoms with Crippen LogP contribution in [-0.2, 0) is 0 Å². The maximum atomic E-state index is 13.8. The number of nitrogens with zero attached hydrogens (tertiary/aromatic N) is 2. The lowest BCUT2D eigenvalue weighted by molar-refractivity contribution is 0.0594. The van der Waals surface area contributed by atoms with Crippen LogP contribution in [0.15, 0.2) is 28.7 Å². The van der Waals surface area contributed by atoms with Gasteiger partial charge in [0.05, 0.1) is 10.3 Å². The minimum Gasteiger partial charge on any atom is -0.467 e. The van der Waals surface area contributed by atoms with Crippen molar-refractivity contribution in [1.29, 1.82) is 0 Å². The van der Waals surface area contributed by atoms with E-state index < -0.39 is 0 Å². The van der Waals surface area contributed by atoms with Crippen LogP contribution in [0.5, 0.6) is 5.19 Å². The molecule has 0 unspecified atom stereocenters. The molecule has 1 saturated heterocycles. The van der Waals surface area contributed by atoms with Crippen LogP contribution in [0, 0.1) is 19.7 Å². The Labute approximate surface area is 154 Å². The molecule has 1 aliphatic rings. The molecule has 0 spiro atoms. The summed E-state index contributed by atoms with van der Waals surface area (Å²) in [6.07, 6.45) is 1.43. The number of benzene rings is 1. The number of piperidine rings is 1. The topological polar surface area (TPSA) is 55.6 Å². The summed E-state index contributed by atoms with van der Waals surface area (Å²) >= 11 is 1.35. The van der Waals surface area contributed by atoms with E-state index in [-0.39, 0.29) is 17.8 Å². The van der Waals surface area contributed by atoms with Crippen LogP contribution < -0.4 is 4.74 Å². The normalized spacial score (nSPS) is 15.6. The van der Waals surface area contributed by atoms with E-state index in [1.165, 1.54) is 17.4 Å². The minimum atomic E-state index is -0.334. The Hall–Kier alpha value is -2.41. The zero-order valence-corrected chi connectivity index (χ0v) is 15.4. The second-order valence-electron chi connectivity index (χ2n) is 6.50. The number of rotatable bonds is 3. The zero-order valence-electron chi connectivity index (χ0n) is 14.6. The van der Waals surface area contributed by atoms with Gasteiger partial charge >= 0.3 is 0 Å². The van der Waals surface area contributed by atoms with Gasteiger partial charge in [-0.2, -0.15) is 4.98 Å². The standard InChI is InChI=1S/C19H19FN2O3S/c1-11-10-14(12(2)24-11)18(23)22-8-6-13(7-9-22)25-19-21-17-15(20)4-3-5-16(17)26-19/h3-5,10,13H,6-9H2,1-2H3. The van der Waals surface area contributed by atoms with Gasteiger partial charge in [-0.25, -0.2) is 4.39 Å². The number of carbonyl (C=O) groups is 1. The fraction of sp³-hybridized carbons (Fsp3) is 0.368. The van der Waals surface area contributed by atoms with Crippen molar-refractivity contribution in [2.24, 2.45) is 0 Å². The number of likely N-dealkylation sites (tertiary alicyclic amines) is 1. The van der Waals surface area contributed by atoms with Crippen molar-refractivity contribution >= 4 is 27.5 Å². The molecule has 0 N–H and O–H groups in total. The molecule has 1 aliphatic heterocycles. The van der Waals surface area contributed by atoms with Crippen LogP contribution in [0.2, 0.25) is 0 Å². The van der Waals surface area contributed by atoms with Crippen LogP contribution in [0.4, 0.5) is 4.39 Å². The number of amides is 1. The van der Waals surface area contributed by atoms with Gasteiger partial charge in [0.1, 0.15) is 29.0 Å². The molecule has 1 fully saturated rings. The highest BCUT2D eigenvalue weighted by molar-refractivity contribution is 7.20. The molecule has 0 radical (unpaired) electrons. The predicted octanol–water partition coefficient (Wildman–Crippen LogP) is 4.33. The molecule has 7 heteroatoms. The number of furan rings is 1. The van der Waals surface area contributed by atoms with Crippen molar-refractivity contribution < 1.29 is 18.3 Å². The Morgan fingerprint density at radius 2 is 2.12 bits per heavy atom. The van der Waals surface area contributed by atoms with Crippen LogP contribution in [-0.4, -0.2) is 35.0 Å². The first kappa shape index (κ1) is 17.0. The van der Waals surface area contributed by atoms with Gasteiger partial charge in [0, 0.05) is 25.9 Å². The SMILES string of the molecule is Cc1cc(C(=O)N2CCC(Oc3nc4c(F)cccc4s3)CC2)c(C)o1. The Morgan fingerprint density at radius 3 is 2.77 bits per heavy atom. The molecule has 136 valence electrons. The predicted molar refractivity (Wildman–Crippen MR) is 97.3 cm³/mol. The molecule has 0 atom stereocenters. The van der Waals surface area contributed by atoms with Crippen molar-refractivity contribution in [3.63, 3.8) is 0 Å². The molecule has 0 bridgehead atoms. The molecule has 2 aromatic heterocycles. The van der Waals surface area contributed by atoms with E-state index in [1.54, 1.807) is 12.1 Å². The van der Waals surface area contributed by atoms with Gasteiger partial charge in [-0.15, -0.1) is 0 Å². The second-order valence-corrected chi connectivity index (χ2v) is 7.50. The number of aryl methyl sites for hydroxylation is 2. The summed E-state index contributed by atoms with van der Waals surface area (Å²) in [5.74, 6) is 1.06. The lowest BCUT2D eigenvalue weighted by atomic mass is 10.1. The van der Waals surface area contributed by atoms with E-state index in [9.17, 15) is 9.18 Å². The molecule has 5 nitrogen and oxygen atoms in total. The van der Waals surface area contributed by atoms with E-state index in [2.05, 4.69) is 4.98 Å². The molecule has 26 heavy (non-hydrogen) atoms. The molecule has 3 aromatic rings. The van der Waals surface area contributed by atoms with Gasteiger partial charge in [0.15, 0.2) is 0 Å². The molecular weight excluding hydrogens is 355 g/mol. The molecule has 0 aliphatic carbocycles. The van der Waals surface area contributed by atoms with Gasteiger partial charge in [-0.3, -0.25) is 4.79 Å². The molecule has 0 saturated carbocycles. The van der Waals surface area contributed by atoms with Crippen molar-refractivity contribution in [3.8, 4) is 5.19 Å². The lowest BCUT2D eigenvalue weighted by Gasteiger charge is -2.31. The third-order valence-electron chi connectivity index (χ3n) is 4.62. The third-order valence-corrected chi connectivity index (χ3v) is 5.53. The van der Waals surface area contributed by atoms with Gasteiger partial charge < -0.3 is 14.1 Å². The Bertz CT molecular complexity index is 957. The summed E-state index contributed by atoms with van der Waals surface area (Å²) in [7, 11) is 0. The summed E-state index contributed by atoms with van der Waals surface area (Å²) < 4.78 is 25.9. The van der Waals surface area contributed by atoms with E-state index in [4.69, 9.17) is 9.15 Å².